The van der Waals surface area contributed by atoms with Crippen molar-refractivity contribution in [3.05, 3.63) is 70.6 Å². The fraction of sp³-hybridized carbons (Fsp3) is 0.292. The summed E-state index contributed by atoms with van der Waals surface area (Å²) in [4.78, 5) is 33.6. The van der Waals surface area contributed by atoms with Gasteiger partial charge in [0, 0.05) is 31.3 Å². The van der Waals surface area contributed by atoms with Gasteiger partial charge >= 0.3 is 6.01 Å². The highest BCUT2D eigenvalue weighted by molar-refractivity contribution is 6.30. The number of likely N-dealkylation sites (N-methyl/N-ethyl adjacent to an activating group) is 1. The maximum absolute atomic E-state index is 13.8. The number of halogens is 2. The molecule has 1 atom stereocenters. The Kier molecular flexibility index (Phi) is 6.85. The van der Waals surface area contributed by atoms with Gasteiger partial charge < -0.3 is 14.7 Å². The van der Waals surface area contributed by atoms with Crippen LogP contribution in [-0.4, -0.2) is 58.1 Å². The van der Waals surface area contributed by atoms with Gasteiger partial charge in [-0.25, -0.2) is 4.39 Å². The fourth-order valence-electron chi connectivity index (χ4n) is 3.84. The molecule has 1 aliphatic heterocycles. The summed E-state index contributed by atoms with van der Waals surface area (Å²) in [5.41, 5.74) is 0.988. The van der Waals surface area contributed by atoms with E-state index in [-0.39, 0.29) is 48.9 Å². The van der Waals surface area contributed by atoms with Gasteiger partial charge in [0.1, 0.15) is 18.1 Å². The number of benzene rings is 2. The molecule has 2 aromatic carbocycles. The minimum Gasteiger partial charge on any atom is -0.425 e. The van der Waals surface area contributed by atoms with Crippen LogP contribution >= 0.6 is 11.6 Å². The van der Waals surface area contributed by atoms with Crippen molar-refractivity contribution in [2.45, 2.75) is 19.4 Å². The van der Waals surface area contributed by atoms with Crippen LogP contribution in [-0.2, 0) is 4.79 Å². The third kappa shape index (κ3) is 4.62. The molecule has 8 nitrogen and oxygen atoms in total. The van der Waals surface area contributed by atoms with Gasteiger partial charge in [-0.1, -0.05) is 29.8 Å². The van der Waals surface area contributed by atoms with Gasteiger partial charge in [0.05, 0.1) is 6.04 Å². The van der Waals surface area contributed by atoms with Crippen LogP contribution in [0.25, 0.3) is 0 Å². The first-order valence-electron chi connectivity index (χ1n) is 10.8. The Morgan fingerprint density at radius 1 is 1.21 bits per heavy atom. The van der Waals surface area contributed by atoms with Crippen molar-refractivity contribution >= 4 is 29.2 Å². The highest BCUT2D eigenvalue weighted by atomic mass is 35.5. The summed E-state index contributed by atoms with van der Waals surface area (Å²) >= 11 is 6.05. The lowest BCUT2D eigenvalue weighted by molar-refractivity contribution is -0.118. The summed E-state index contributed by atoms with van der Waals surface area (Å²) in [6.07, 6.45) is 0.325. The highest BCUT2D eigenvalue weighted by Gasteiger charge is 2.37. The standard InChI is InChI=1S/C24H24ClFN4O4/c1-15(16-7-9-17(25)10-8-16)30-21-22(27-24(30)34-19-6-3-5-18(26)13-19)28(2)20(32)14-29(23(21)33)11-4-12-31/h3,5-10,13,15,31H,4,11-12,14H2,1-2H3/t15-/m1/s1. The second kappa shape index (κ2) is 9.82. The maximum atomic E-state index is 13.8. The third-order valence-electron chi connectivity index (χ3n) is 5.70. The Hall–Kier alpha value is -3.43. The molecule has 0 unspecified atom stereocenters. The zero-order valence-electron chi connectivity index (χ0n) is 18.7. The van der Waals surface area contributed by atoms with E-state index in [1.807, 2.05) is 19.1 Å². The van der Waals surface area contributed by atoms with E-state index < -0.39 is 17.8 Å². The van der Waals surface area contributed by atoms with Crippen molar-refractivity contribution in [1.82, 2.24) is 14.5 Å². The number of amides is 2. The van der Waals surface area contributed by atoms with Gasteiger partial charge in [-0.2, -0.15) is 4.98 Å². The number of aliphatic hydroxyl groups is 1. The number of carbonyl (C=O) groups is 2. The van der Waals surface area contributed by atoms with E-state index in [1.54, 1.807) is 29.8 Å². The average Bonchev–Trinajstić information content (AvgIpc) is 3.15. The number of fused-ring (bicyclic) bond motifs is 1. The molecule has 0 aliphatic carbocycles. The molecule has 1 aliphatic rings. The number of rotatable bonds is 7. The van der Waals surface area contributed by atoms with E-state index in [2.05, 4.69) is 4.98 Å². The van der Waals surface area contributed by atoms with Crippen molar-refractivity contribution < 1.29 is 23.8 Å². The maximum Gasteiger partial charge on any atom is 0.305 e. The first-order valence-corrected chi connectivity index (χ1v) is 11.2. The number of hydrogen-bond acceptors (Lipinski definition) is 5. The number of hydrogen-bond donors (Lipinski definition) is 1. The largest absolute Gasteiger partial charge is 0.425 e. The van der Waals surface area contributed by atoms with Crippen molar-refractivity contribution in [3.63, 3.8) is 0 Å². The topological polar surface area (TPSA) is 87.9 Å². The van der Waals surface area contributed by atoms with Crippen LogP contribution in [0.4, 0.5) is 10.2 Å². The second-order valence-corrected chi connectivity index (χ2v) is 8.42. The Morgan fingerprint density at radius 2 is 1.94 bits per heavy atom. The molecule has 0 fully saturated rings. The summed E-state index contributed by atoms with van der Waals surface area (Å²) in [5, 5.41) is 9.82. The minimum atomic E-state index is -0.485. The molecule has 0 radical (unpaired) electrons. The summed E-state index contributed by atoms with van der Waals surface area (Å²) in [6, 6.07) is 12.3. The molecule has 0 saturated carbocycles. The first-order chi connectivity index (χ1) is 16.3. The molecule has 1 aromatic heterocycles. The Balaban J connectivity index is 1.88. The van der Waals surface area contributed by atoms with Crippen molar-refractivity contribution in [1.29, 1.82) is 0 Å². The summed E-state index contributed by atoms with van der Waals surface area (Å²) in [7, 11) is 1.54. The highest BCUT2D eigenvalue weighted by Crippen LogP contribution is 2.36. The summed E-state index contributed by atoms with van der Waals surface area (Å²) in [5.74, 6) is -0.881. The predicted octanol–water partition coefficient (Wildman–Crippen LogP) is 3.88. The van der Waals surface area contributed by atoms with E-state index in [0.717, 1.165) is 5.56 Å². The molecule has 2 heterocycles. The molecule has 0 saturated heterocycles. The molecule has 4 rings (SSSR count). The number of nitrogens with zero attached hydrogens (tertiary/aromatic N) is 4. The zero-order chi connectivity index (χ0) is 24.4. The molecule has 0 spiro atoms. The van der Waals surface area contributed by atoms with E-state index in [9.17, 15) is 19.1 Å². The number of imidazole rings is 1. The minimum absolute atomic E-state index is 0.0371. The van der Waals surface area contributed by atoms with Crippen LogP contribution in [0.15, 0.2) is 48.5 Å². The van der Waals surface area contributed by atoms with Crippen LogP contribution < -0.4 is 9.64 Å². The van der Waals surface area contributed by atoms with Gasteiger partial charge in [-0.3, -0.25) is 19.1 Å². The Morgan fingerprint density at radius 3 is 2.62 bits per heavy atom. The Labute approximate surface area is 201 Å². The number of anilines is 1. The van der Waals surface area contributed by atoms with E-state index >= 15 is 0 Å². The van der Waals surface area contributed by atoms with Crippen molar-refractivity contribution in [2.75, 3.05) is 31.6 Å². The second-order valence-electron chi connectivity index (χ2n) is 7.98. The van der Waals surface area contributed by atoms with Crippen molar-refractivity contribution in [3.8, 4) is 11.8 Å². The molecule has 1 N–H and O–H groups in total. The van der Waals surface area contributed by atoms with Gasteiger partial charge in [0.25, 0.3) is 5.91 Å². The molecule has 3 aromatic rings. The predicted molar refractivity (Wildman–Crippen MR) is 125 cm³/mol. The SMILES string of the molecule is C[C@H](c1ccc(Cl)cc1)n1c(Oc2cccc(F)c2)nc2c1C(=O)N(CCCO)CC(=O)N2C. The number of aromatic nitrogens is 2. The van der Waals surface area contributed by atoms with E-state index in [0.29, 0.717) is 11.4 Å². The van der Waals surface area contributed by atoms with Crippen LogP contribution in [0.3, 0.4) is 0 Å². The summed E-state index contributed by atoms with van der Waals surface area (Å²) < 4.78 is 21.3. The zero-order valence-corrected chi connectivity index (χ0v) is 19.5. The van der Waals surface area contributed by atoms with Gasteiger partial charge in [0.2, 0.25) is 5.91 Å². The molecule has 178 valence electrons. The quantitative estimate of drug-likeness (QED) is 0.547. The van der Waals surface area contributed by atoms with Crippen LogP contribution in [0, 0.1) is 5.82 Å². The van der Waals surface area contributed by atoms with Crippen LogP contribution in [0.5, 0.6) is 11.8 Å². The molecule has 0 bridgehead atoms. The molecule has 2 amide bonds. The summed E-state index contributed by atoms with van der Waals surface area (Å²) in [6.45, 7) is 1.81. The van der Waals surface area contributed by atoms with Gasteiger partial charge in [0.15, 0.2) is 11.5 Å². The molecular formula is C24H24ClFN4O4. The molecule has 34 heavy (non-hydrogen) atoms. The number of aliphatic hydroxyl groups excluding tert-OH is 1. The van der Waals surface area contributed by atoms with E-state index in [4.69, 9.17) is 16.3 Å². The van der Waals surface area contributed by atoms with Gasteiger partial charge in [-0.15, -0.1) is 0 Å². The fourth-order valence-corrected chi connectivity index (χ4v) is 3.97. The average molecular weight is 487 g/mol. The van der Waals surface area contributed by atoms with Gasteiger partial charge in [-0.05, 0) is 43.2 Å². The lowest BCUT2D eigenvalue weighted by Gasteiger charge is -2.23. The monoisotopic (exact) mass is 486 g/mol. The Bertz CT molecular complexity index is 1210. The third-order valence-corrected chi connectivity index (χ3v) is 5.95. The number of ether oxygens (including phenoxy) is 1. The lowest BCUT2D eigenvalue weighted by Crippen LogP contribution is -2.39. The molecule has 10 heteroatoms. The normalized spacial score (nSPS) is 14.7. The first kappa shape index (κ1) is 23.7. The lowest BCUT2D eigenvalue weighted by atomic mass is 10.1. The van der Waals surface area contributed by atoms with Crippen LogP contribution in [0.2, 0.25) is 5.02 Å². The van der Waals surface area contributed by atoms with Crippen molar-refractivity contribution in [2.24, 2.45) is 0 Å². The van der Waals surface area contributed by atoms with Crippen LogP contribution in [0.1, 0.15) is 35.4 Å². The smallest absolute Gasteiger partial charge is 0.305 e. The van der Waals surface area contributed by atoms with E-state index in [1.165, 1.54) is 28.0 Å². The molecular weight excluding hydrogens is 463 g/mol. The number of carbonyl (C=O) groups excluding carboxylic acids is 2.